The maximum Gasteiger partial charge on any atom is 0.408 e. The quantitative estimate of drug-likeness (QED) is 0.519. The van der Waals surface area contributed by atoms with Crippen LogP contribution in [0.1, 0.15) is 52.0 Å². The molecule has 2 amide bonds. The molecule has 1 aromatic carbocycles. The first-order chi connectivity index (χ1) is 13.0. The number of carbonyl (C=O) groups is 3. The molecule has 154 valence electrons. The standard InChI is InChI=1S/C20H27IN2O5/c1-19(2,3)28-18(27)23-20(10-4-5-11-20)17(26)22-15(16(24)25)12-13-6-8-14(21)9-7-13/h6-9,15H,4-5,10-12H2,1-3H3,(H,22,26)(H,23,27)(H,24,25)/t15-/m0/s1. The lowest BCUT2D eigenvalue weighted by Gasteiger charge is -2.31. The number of amides is 2. The first-order valence-corrected chi connectivity index (χ1v) is 10.4. The van der Waals surface area contributed by atoms with E-state index in [0.29, 0.717) is 12.8 Å². The highest BCUT2D eigenvalue weighted by atomic mass is 127. The van der Waals surface area contributed by atoms with Crippen molar-refractivity contribution < 1.29 is 24.2 Å². The summed E-state index contributed by atoms with van der Waals surface area (Å²) in [5.74, 6) is -1.59. The van der Waals surface area contributed by atoms with Gasteiger partial charge in [-0.3, -0.25) is 4.79 Å². The highest BCUT2D eigenvalue weighted by Crippen LogP contribution is 2.30. The number of carboxylic acid groups (broad SMARTS) is 1. The maximum atomic E-state index is 13.0. The summed E-state index contributed by atoms with van der Waals surface area (Å²) in [5, 5.41) is 14.9. The zero-order chi connectivity index (χ0) is 20.9. The molecule has 7 nitrogen and oxygen atoms in total. The number of halogens is 1. The summed E-state index contributed by atoms with van der Waals surface area (Å²) in [6, 6.07) is 6.38. The van der Waals surface area contributed by atoms with Crippen molar-refractivity contribution in [2.24, 2.45) is 0 Å². The van der Waals surface area contributed by atoms with Gasteiger partial charge in [-0.25, -0.2) is 9.59 Å². The van der Waals surface area contributed by atoms with Crippen LogP contribution in [0.5, 0.6) is 0 Å². The number of aliphatic carboxylic acids is 1. The molecule has 0 radical (unpaired) electrons. The molecule has 0 heterocycles. The van der Waals surface area contributed by atoms with Gasteiger partial charge in [-0.2, -0.15) is 0 Å². The fraction of sp³-hybridized carbons (Fsp3) is 0.550. The van der Waals surface area contributed by atoms with Crippen LogP contribution in [0, 0.1) is 3.57 Å². The largest absolute Gasteiger partial charge is 0.480 e. The number of rotatable bonds is 6. The summed E-state index contributed by atoms with van der Waals surface area (Å²) in [6.07, 6.45) is 1.95. The van der Waals surface area contributed by atoms with Crippen LogP contribution in [0.4, 0.5) is 4.79 Å². The third kappa shape index (κ3) is 6.35. The Hall–Kier alpha value is -1.84. The van der Waals surface area contributed by atoms with Gasteiger partial charge in [-0.15, -0.1) is 0 Å². The Morgan fingerprint density at radius 3 is 2.25 bits per heavy atom. The molecule has 1 aliphatic rings. The van der Waals surface area contributed by atoms with Gasteiger partial charge in [0.2, 0.25) is 5.91 Å². The number of alkyl carbamates (subject to hydrolysis) is 1. The Kier molecular flexibility index (Phi) is 7.30. The van der Waals surface area contributed by atoms with Gasteiger partial charge in [0.25, 0.3) is 0 Å². The molecule has 0 aliphatic heterocycles. The summed E-state index contributed by atoms with van der Waals surface area (Å²) >= 11 is 2.17. The number of benzene rings is 1. The molecule has 1 saturated carbocycles. The predicted octanol–water partition coefficient (Wildman–Crippen LogP) is 3.24. The van der Waals surface area contributed by atoms with Crippen LogP contribution in [0.15, 0.2) is 24.3 Å². The summed E-state index contributed by atoms with van der Waals surface area (Å²) in [6.45, 7) is 5.24. The number of hydrogen-bond donors (Lipinski definition) is 3. The molecule has 0 spiro atoms. The van der Waals surface area contributed by atoms with Gasteiger partial charge >= 0.3 is 12.1 Å². The van der Waals surface area contributed by atoms with Crippen LogP contribution in [0.3, 0.4) is 0 Å². The summed E-state index contributed by atoms with van der Waals surface area (Å²) in [4.78, 5) is 36.9. The van der Waals surface area contributed by atoms with Crippen LogP contribution in [0.2, 0.25) is 0 Å². The zero-order valence-electron chi connectivity index (χ0n) is 16.4. The molecule has 1 atom stereocenters. The van der Waals surface area contributed by atoms with Crippen molar-refractivity contribution in [1.82, 2.24) is 10.6 Å². The smallest absolute Gasteiger partial charge is 0.408 e. The van der Waals surface area contributed by atoms with Gasteiger partial charge in [0.15, 0.2) is 0 Å². The second kappa shape index (κ2) is 9.11. The Bertz CT molecular complexity index is 721. The Morgan fingerprint density at radius 2 is 1.75 bits per heavy atom. The number of hydrogen-bond acceptors (Lipinski definition) is 4. The van der Waals surface area contributed by atoms with Crippen molar-refractivity contribution >= 4 is 40.6 Å². The zero-order valence-corrected chi connectivity index (χ0v) is 18.5. The van der Waals surface area contributed by atoms with E-state index >= 15 is 0 Å². The molecular weight excluding hydrogens is 475 g/mol. The molecular formula is C20H27IN2O5. The summed E-state index contributed by atoms with van der Waals surface area (Å²) in [5.41, 5.74) is -1.01. The van der Waals surface area contributed by atoms with E-state index in [9.17, 15) is 19.5 Å². The Morgan fingerprint density at radius 1 is 1.18 bits per heavy atom. The van der Waals surface area contributed by atoms with Crippen molar-refractivity contribution in [3.05, 3.63) is 33.4 Å². The Balaban J connectivity index is 2.11. The Labute approximate surface area is 178 Å². The second-order valence-electron chi connectivity index (χ2n) is 8.11. The third-order valence-electron chi connectivity index (χ3n) is 4.59. The van der Waals surface area contributed by atoms with E-state index in [-0.39, 0.29) is 6.42 Å². The monoisotopic (exact) mass is 502 g/mol. The van der Waals surface area contributed by atoms with Crippen LogP contribution >= 0.6 is 22.6 Å². The molecule has 1 aliphatic carbocycles. The van der Waals surface area contributed by atoms with Crippen molar-refractivity contribution in [3.63, 3.8) is 0 Å². The summed E-state index contributed by atoms with van der Waals surface area (Å²) in [7, 11) is 0. The van der Waals surface area contributed by atoms with Crippen molar-refractivity contribution in [2.75, 3.05) is 0 Å². The van der Waals surface area contributed by atoms with E-state index in [1.54, 1.807) is 20.8 Å². The molecule has 1 aromatic rings. The predicted molar refractivity (Wildman–Crippen MR) is 113 cm³/mol. The van der Waals surface area contributed by atoms with Gasteiger partial charge in [-0.1, -0.05) is 25.0 Å². The van der Waals surface area contributed by atoms with Crippen LogP contribution in [-0.2, 0) is 20.7 Å². The van der Waals surface area contributed by atoms with Crippen LogP contribution in [0.25, 0.3) is 0 Å². The third-order valence-corrected chi connectivity index (χ3v) is 5.31. The molecule has 3 N–H and O–H groups in total. The van der Waals surface area contributed by atoms with E-state index in [1.807, 2.05) is 24.3 Å². The first-order valence-electron chi connectivity index (χ1n) is 9.30. The number of carboxylic acids is 1. The number of ether oxygens (including phenoxy) is 1. The molecule has 1 fully saturated rings. The van der Waals surface area contributed by atoms with Gasteiger partial charge in [0, 0.05) is 9.99 Å². The lowest BCUT2D eigenvalue weighted by molar-refractivity contribution is -0.142. The van der Waals surface area contributed by atoms with Gasteiger partial charge in [0.1, 0.15) is 17.2 Å². The molecule has 8 heteroatoms. The highest BCUT2D eigenvalue weighted by Gasteiger charge is 2.44. The lowest BCUT2D eigenvalue weighted by atomic mass is 9.95. The van der Waals surface area contributed by atoms with Crippen LogP contribution in [-0.4, -0.2) is 40.3 Å². The van der Waals surface area contributed by atoms with Crippen LogP contribution < -0.4 is 10.6 Å². The van der Waals surface area contributed by atoms with E-state index in [0.717, 1.165) is 22.0 Å². The SMILES string of the molecule is CC(C)(C)OC(=O)NC1(C(=O)N[C@@H](Cc2ccc(I)cc2)C(=O)O)CCCC1. The first kappa shape index (κ1) is 22.4. The molecule has 2 rings (SSSR count). The minimum Gasteiger partial charge on any atom is -0.480 e. The molecule has 0 aromatic heterocycles. The number of nitrogens with one attached hydrogen (secondary N) is 2. The fourth-order valence-corrected chi connectivity index (χ4v) is 3.60. The lowest BCUT2D eigenvalue weighted by Crippen LogP contribution is -2.60. The van der Waals surface area contributed by atoms with Crippen molar-refractivity contribution in [2.45, 2.75) is 70.1 Å². The number of carbonyl (C=O) groups excluding carboxylic acids is 2. The minimum atomic E-state index is -1.14. The topological polar surface area (TPSA) is 105 Å². The molecule has 0 saturated heterocycles. The highest BCUT2D eigenvalue weighted by molar-refractivity contribution is 14.1. The second-order valence-corrected chi connectivity index (χ2v) is 9.36. The average Bonchev–Trinajstić information content (AvgIpc) is 3.03. The van der Waals surface area contributed by atoms with Crippen molar-refractivity contribution in [3.8, 4) is 0 Å². The minimum absolute atomic E-state index is 0.167. The molecule has 0 unspecified atom stereocenters. The van der Waals surface area contributed by atoms with Gasteiger partial charge in [-0.05, 0) is 73.9 Å². The molecule has 0 bridgehead atoms. The fourth-order valence-electron chi connectivity index (χ4n) is 3.24. The normalized spacial score (nSPS) is 16.9. The van der Waals surface area contributed by atoms with Crippen molar-refractivity contribution in [1.29, 1.82) is 0 Å². The van der Waals surface area contributed by atoms with E-state index < -0.39 is 35.2 Å². The molecule has 28 heavy (non-hydrogen) atoms. The van der Waals surface area contributed by atoms with Gasteiger partial charge < -0.3 is 20.5 Å². The van der Waals surface area contributed by atoms with E-state index in [1.165, 1.54) is 0 Å². The average molecular weight is 502 g/mol. The summed E-state index contributed by atoms with van der Waals surface area (Å²) < 4.78 is 6.33. The van der Waals surface area contributed by atoms with Gasteiger partial charge in [0.05, 0.1) is 0 Å². The van der Waals surface area contributed by atoms with E-state index in [4.69, 9.17) is 4.74 Å². The van der Waals surface area contributed by atoms with E-state index in [2.05, 4.69) is 33.2 Å². The maximum absolute atomic E-state index is 13.0.